The van der Waals surface area contributed by atoms with Crippen LogP contribution in [0.2, 0.25) is 5.15 Å². The number of likely N-dealkylation sites (N-methyl/N-ethyl adjacent to an activating group) is 1. The predicted molar refractivity (Wildman–Crippen MR) is 102 cm³/mol. The summed E-state index contributed by atoms with van der Waals surface area (Å²) in [4.78, 5) is 15.0. The third kappa shape index (κ3) is 3.35. The van der Waals surface area contributed by atoms with Crippen molar-refractivity contribution in [3.63, 3.8) is 0 Å². The molecule has 138 valence electrons. The largest absolute Gasteiger partial charge is 0.368 e. The molecule has 0 saturated carbocycles. The average Bonchev–Trinajstić information content (AvgIpc) is 3.01. The monoisotopic (exact) mass is 462 g/mol. The topological polar surface area (TPSA) is 50.2 Å². The van der Waals surface area contributed by atoms with Crippen LogP contribution in [0.25, 0.3) is 0 Å². The lowest BCUT2D eigenvalue weighted by molar-refractivity contribution is -0.118. The van der Waals surface area contributed by atoms with Crippen molar-refractivity contribution in [2.75, 3.05) is 18.9 Å². The van der Waals surface area contributed by atoms with Crippen LogP contribution in [0.5, 0.6) is 0 Å². The van der Waals surface area contributed by atoms with Crippen molar-refractivity contribution >= 4 is 56.3 Å². The second-order valence-corrected chi connectivity index (χ2v) is 7.60. The standard InChI is InChI=1S/C16H14BrClF2N4OS/c1-23-6-8(13-12(17)14(18)24(2)22-13)11(16(23)26)15(25)21-10-4-3-7(19)5-9(10)20/h3-5,8,11H,6H2,1-2H3,(H,21,25)/t8-,11-/m0/s1. The second-order valence-electron chi connectivity index (χ2n) is 6.03. The molecule has 0 unspecified atom stereocenters. The van der Waals surface area contributed by atoms with Crippen LogP contribution in [0.15, 0.2) is 22.7 Å². The van der Waals surface area contributed by atoms with E-state index < -0.39 is 23.5 Å². The highest BCUT2D eigenvalue weighted by molar-refractivity contribution is 9.10. The Morgan fingerprint density at radius 2 is 2.12 bits per heavy atom. The van der Waals surface area contributed by atoms with Crippen LogP contribution in [-0.4, -0.2) is 39.2 Å². The molecule has 2 aromatic rings. The van der Waals surface area contributed by atoms with Crippen molar-refractivity contribution in [2.24, 2.45) is 13.0 Å². The molecule has 2 heterocycles. The molecule has 2 atom stereocenters. The van der Waals surface area contributed by atoms with Gasteiger partial charge in [0.1, 0.15) is 16.8 Å². The molecule has 1 fully saturated rings. The lowest BCUT2D eigenvalue weighted by Gasteiger charge is -2.17. The summed E-state index contributed by atoms with van der Waals surface area (Å²) < 4.78 is 29.0. The Labute approximate surface area is 167 Å². The zero-order valence-electron chi connectivity index (χ0n) is 13.8. The summed E-state index contributed by atoms with van der Waals surface area (Å²) in [6, 6.07) is 2.96. The van der Waals surface area contributed by atoms with Crippen molar-refractivity contribution in [2.45, 2.75) is 5.92 Å². The zero-order valence-corrected chi connectivity index (χ0v) is 16.9. The molecule has 1 aromatic heterocycles. The van der Waals surface area contributed by atoms with Crippen molar-refractivity contribution in [1.29, 1.82) is 0 Å². The number of aromatic nitrogens is 2. The second kappa shape index (κ2) is 7.21. The number of carbonyl (C=O) groups is 1. The Morgan fingerprint density at radius 1 is 1.42 bits per heavy atom. The number of nitrogens with one attached hydrogen (secondary N) is 1. The summed E-state index contributed by atoms with van der Waals surface area (Å²) in [7, 11) is 3.47. The van der Waals surface area contributed by atoms with Crippen LogP contribution in [0.3, 0.4) is 0 Å². The number of hydrogen-bond acceptors (Lipinski definition) is 3. The fourth-order valence-corrected chi connectivity index (χ4v) is 4.08. The third-order valence-corrected chi connectivity index (χ3v) is 6.30. The van der Waals surface area contributed by atoms with Gasteiger partial charge in [0.2, 0.25) is 5.91 Å². The smallest absolute Gasteiger partial charge is 0.235 e. The van der Waals surface area contributed by atoms with Crippen LogP contribution in [-0.2, 0) is 11.8 Å². The van der Waals surface area contributed by atoms with Gasteiger partial charge in [-0.25, -0.2) is 8.78 Å². The minimum Gasteiger partial charge on any atom is -0.368 e. The molecule has 10 heteroatoms. The molecule has 0 aliphatic carbocycles. The van der Waals surface area contributed by atoms with Gasteiger partial charge in [0.15, 0.2) is 0 Å². The summed E-state index contributed by atoms with van der Waals surface area (Å²) in [6.45, 7) is 0.467. The maximum Gasteiger partial charge on any atom is 0.235 e. The number of rotatable bonds is 3. The van der Waals surface area contributed by atoms with Crippen LogP contribution >= 0.6 is 39.7 Å². The highest BCUT2D eigenvalue weighted by Gasteiger charge is 2.44. The SMILES string of the molecule is CN1C[C@H](c2nn(C)c(Cl)c2Br)[C@@H](C(=O)Nc2ccc(F)cc2F)C1=S. The molecule has 1 aliphatic rings. The van der Waals surface area contributed by atoms with E-state index >= 15 is 0 Å². The van der Waals surface area contributed by atoms with Gasteiger partial charge in [-0.3, -0.25) is 9.48 Å². The fraction of sp³-hybridized carbons (Fsp3) is 0.312. The third-order valence-electron chi connectivity index (χ3n) is 4.29. The molecule has 3 rings (SSSR count). The van der Waals surface area contributed by atoms with Gasteiger partial charge in [-0.05, 0) is 28.1 Å². The van der Waals surface area contributed by atoms with Gasteiger partial charge >= 0.3 is 0 Å². The number of hydrogen-bond donors (Lipinski definition) is 1. The van der Waals surface area contributed by atoms with E-state index in [0.717, 1.165) is 6.07 Å². The number of amides is 1. The first-order chi connectivity index (χ1) is 12.2. The number of carbonyl (C=O) groups excluding carboxylic acids is 1. The maximum absolute atomic E-state index is 13.9. The van der Waals surface area contributed by atoms with E-state index in [2.05, 4.69) is 26.3 Å². The van der Waals surface area contributed by atoms with Crippen LogP contribution in [0, 0.1) is 17.6 Å². The molecule has 1 N–H and O–H groups in total. The van der Waals surface area contributed by atoms with Crippen molar-refractivity contribution in [3.05, 3.63) is 45.2 Å². The van der Waals surface area contributed by atoms with Crippen LogP contribution in [0.1, 0.15) is 11.6 Å². The Hall–Kier alpha value is -1.58. The molecule has 0 spiro atoms. The van der Waals surface area contributed by atoms with E-state index in [-0.39, 0.29) is 11.6 Å². The van der Waals surface area contributed by atoms with E-state index in [1.807, 2.05) is 0 Å². The van der Waals surface area contributed by atoms with Gasteiger partial charge in [0.05, 0.1) is 26.8 Å². The Bertz CT molecular complexity index is 907. The summed E-state index contributed by atoms with van der Waals surface area (Å²) in [6.07, 6.45) is 0. The number of aryl methyl sites for hydroxylation is 1. The van der Waals surface area contributed by atoms with Gasteiger partial charge in [0, 0.05) is 32.6 Å². The minimum absolute atomic E-state index is 0.106. The summed E-state index contributed by atoms with van der Waals surface area (Å²) >= 11 is 15.0. The first-order valence-corrected chi connectivity index (χ1v) is 9.17. The highest BCUT2D eigenvalue weighted by atomic mass is 79.9. The first kappa shape index (κ1) is 19.2. The fourth-order valence-electron chi connectivity index (χ4n) is 2.97. The molecule has 0 bridgehead atoms. The maximum atomic E-state index is 13.9. The predicted octanol–water partition coefficient (Wildman–Crippen LogP) is 3.73. The normalized spacial score (nSPS) is 19.9. The Balaban J connectivity index is 1.93. The van der Waals surface area contributed by atoms with E-state index in [1.54, 1.807) is 19.0 Å². The number of thiocarbonyl (C=S) groups is 1. The van der Waals surface area contributed by atoms with E-state index in [0.29, 0.717) is 32.9 Å². The van der Waals surface area contributed by atoms with Crippen LogP contribution < -0.4 is 5.32 Å². The minimum atomic E-state index is -0.853. The number of benzene rings is 1. The van der Waals surface area contributed by atoms with Gasteiger partial charge in [-0.1, -0.05) is 23.8 Å². The molecule has 1 aliphatic heterocycles. The highest BCUT2D eigenvalue weighted by Crippen LogP contribution is 2.39. The summed E-state index contributed by atoms with van der Waals surface area (Å²) in [5.74, 6) is -3.15. The van der Waals surface area contributed by atoms with E-state index in [1.165, 1.54) is 10.7 Å². The van der Waals surface area contributed by atoms with Crippen LogP contribution in [0.4, 0.5) is 14.5 Å². The Morgan fingerprint density at radius 3 is 2.69 bits per heavy atom. The zero-order chi connectivity index (χ0) is 19.2. The van der Waals surface area contributed by atoms with E-state index in [9.17, 15) is 13.6 Å². The lowest BCUT2D eigenvalue weighted by Crippen LogP contribution is -2.32. The quantitative estimate of drug-likeness (QED) is 0.705. The molecule has 26 heavy (non-hydrogen) atoms. The van der Waals surface area contributed by atoms with Crippen molar-refractivity contribution in [3.8, 4) is 0 Å². The molecule has 5 nitrogen and oxygen atoms in total. The van der Waals surface area contributed by atoms with Gasteiger partial charge in [-0.15, -0.1) is 0 Å². The summed E-state index contributed by atoms with van der Waals surface area (Å²) in [5, 5.41) is 7.28. The summed E-state index contributed by atoms with van der Waals surface area (Å²) in [5.41, 5.74) is 0.495. The molecule has 0 radical (unpaired) electrons. The molecular weight excluding hydrogens is 450 g/mol. The van der Waals surface area contributed by atoms with Gasteiger partial charge in [-0.2, -0.15) is 5.10 Å². The average molecular weight is 464 g/mol. The number of likely N-dealkylation sites (tertiary alicyclic amines) is 1. The Kier molecular flexibility index (Phi) is 5.32. The molecule has 1 amide bonds. The van der Waals surface area contributed by atoms with Gasteiger partial charge in [0.25, 0.3) is 0 Å². The first-order valence-electron chi connectivity index (χ1n) is 7.59. The lowest BCUT2D eigenvalue weighted by atomic mass is 9.92. The van der Waals surface area contributed by atoms with Crippen molar-refractivity contribution in [1.82, 2.24) is 14.7 Å². The van der Waals surface area contributed by atoms with Crippen molar-refractivity contribution < 1.29 is 13.6 Å². The number of nitrogens with zero attached hydrogens (tertiary/aromatic N) is 3. The molecule has 1 aromatic carbocycles. The number of anilines is 1. The number of halogens is 4. The van der Waals surface area contributed by atoms with Gasteiger partial charge < -0.3 is 10.2 Å². The van der Waals surface area contributed by atoms with E-state index in [4.69, 9.17) is 23.8 Å². The molecule has 1 saturated heterocycles. The molecular formula is C16H14BrClF2N4OS.